The second-order valence-electron chi connectivity index (χ2n) is 7.42. The van der Waals surface area contributed by atoms with Crippen molar-refractivity contribution in [3.63, 3.8) is 0 Å². The van der Waals surface area contributed by atoms with Crippen molar-refractivity contribution < 1.29 is 14.3 Å². The fourth-order valence-electron chi connectivity index (χ4n) is 4.09. The SMILES string of the molecule is CC1NC(=O)C2(CCCC2)N(CC2CCC(C)(C)O2)C1=O. The van der Waals surface area contributed by atoms with Crippen LogP contribution in [0.1, 0.15) is 59.3 Å². The van der Waals surface area contributed by atoms with Crippen LogP contribution in [0.25, 0.3) is 0 Å². The van der Waals surface area contributed by atoms with E-state index in [2.05, 4.69) is 19.2 Å². The quantitative estimate of drug-likeness (QED) is 0.841. The van der Waals surface area contributed by atoms with Crippen molar-refractivity contribution in [3.8, 4) is 0 Å². The molecular formula is C16H26N2O3. The smallest absolute Gasteiger partial charge is 0.246 e. The Morgan fingerprint density at radius 1 is 1.24 bits per heavy atom. The topological polar surface area (TPSA) is 58.6 Å². The van der Waals surface area contributed by atoms with E-state index in [0.29, 0.717) is 6.54 Å². The van der Waals surface area contributed by atoms with Gasteiger partial charge in [0.15, 0.2) is 0 Å². The van der Waals surface area contributed by atoms with E-state index in [9.17, 15) is 9.59 Å². The van der Waals surface area contributed by atoms with Gasteiger partial charge in [-0.25, -0.2) is 0 Å². The van der Waals surface area contributed by atoms with E-state index < -0.39 is 11.6 Å². The average molecular weight is 294 g/mol. The normalized spacial score (nSPS) is 34.5. The lowest BCUT2D eigenvalue weighted by atomic mass is 9.89. The number of amides is 2. The number of rotatable bonds is 2. The minimum Gasteiger partial charge on any atom is -0.371 e. The summed E-state index contributed by atoms with van der Waals surface area (Å²) in [7, 11) is 0. The van der Waals surface area contributed by atoms with Crippen LogP contribution in [-0.2, 0) is 14.3 Å². The molecule has 2 saturated heterocycles. The molecule has 5 heteroatoms. The zero-order chi connectivity index (χ0) is 15.3. The van der Waals surface area contributed by atoms with E-state index in [1.807, 2.05) is 4.90 Å². The number of carbonyl (C=O) groups is 2. The molecule has 2 amide bonds. The van der Waals surface area contributed by atoms with Crippen molar-refractivity contribution in [2.75, 3.05) is 6.54 Å². The molecule has 1 spiro atoms. The molecule has 0 aromatic carbocycles. The van der Waals surface area contributed by atoms with E-state index in [-0.39, 0.29) is 23.5 Å². The first-order chi connectivity index (χ1) is 9.84. The summed E-state index contributed by atoms with van der Waals surface area (Å²) in [5.41, 5.74) is -0.722. The molecule has 2 atom stereocenters. The fraction of sp³-hybridized carbons (Fsp3) is 0.875. The third-order valence-electron chi connectivity index (χ3n) is 5.29. The molecule has 2 unspecified atom stereocenters. The number of carbonyl (C=O) groups excluding carboxylic acids is 2. The molecule has 2 aliphatic heterocycles. The monoisotopic (exact) mass is 294 g/mol. The standard InChI is InChI=1S/C16H26N2O3/c1-11-13(19)18(10-12-6-9-15(2,3)21-12)16(14(20)17-11)7-4-5-8-16/h11-12H,4-10H2,1-3H3,(H,17,20). The zero-order valence-corrected chi connectivity index (χ0v) is 13.3. The van der Waals surface area contributed by atoms with Gasteiger partial charge in [0.2, 0.25) is 11.8 Å². The highest BCUT2D eigenvalue weighted by molar-refractivity contribution is 5.99. The molecule has 1 N–H and O–H groups in total. The van der Waals surface area contributed by atoms with Gasteiger partial charge in [0.05, 0.1) is 11.7 Å². The summed E-state index contributed by atoms with van der Waals surface area (Å²) in [5, 5.41) is 2.86. The fourth-order valence-corrected chi connectivity index (χ4v) is 4.09. The maximum Gasteiger partial charge on any atom is 0.246 e. The van der Waals surface area contributed by atoms with Gasteiger partial charge in [-0.15, -0.1) is 0 Å². The largest absolute Gasteiger partial charge is 0.371 e. The summed E-state index contributed by atoms with van der Waals surface area (Å²) in [4.78, 5) is 27.0. The molecule has 3 aliphatic rings. The van der Waals surface area contributed by atoms with E-state index >= 15 is 0 Å². The van der Waals surface area contributed by atoms with Gasteiger partial charge in [-0.2, -0.15) is 0 Å². The lowest BCUT2D eigenvalue weighted by molar-refractivity contribution is -0.160. The molecule has 21 heavy (non-hydrogen) atoms. The summed E-state index contributed by atoms with van der Waals surface area (Å²) >= 11 is 0. The van der Waals surface area contributed by atoms with Gasteiger partial charge in [0, 0.05) is 6.54 Å². The van der Waals surface area contributed by atoms with Gasteiger partial charge in [-0.3, -0.25) is 9.59 Å². The molecule has 2 heterocycles. The Bertz CT molecular complexity index is 454. The Morgan fingerprint density at radius 3 is 2.48 bits per heavy atom. The van der Waals surface area contributed by atoms with Crippen LogP contribution in [0, 0.1) is 0 Å². The third-order valence-corrected chi connectivity index (χ3v) is 5.29. The first-order valence-electron chi connectivity index (χ1n) is 8.14. The molecular weight excluding hydrogens is 268 g/mol. The number of hydrogen-bond acceptors (Lipinski definition) is 3. The molecule has 0 aromatic rings. The number of ether oxygens (including phenoxy) is 1. The van der Waals surface area contributed by atoms with Crippen LogP contribution >= 0.6 is 0 Å². The van der Waals surface area contributed by atoms with E-state index in [1.54, 1.807) is 6.92 Å². The molecule has 0 aromatic heterocycles. The first-order valence-corrected chi connectivity index (χ1v) is 8.14. The summed E-state index contributed by atoms with van der Waals surface area (Å²) in [6.45, 7) is 6.51. The van der Waals surface area contributed by atoms with Crippen LogP contribution < -0.4 is 5.32 Å². The summed E-state index contributed by atoms with van der Waals surface area (Å²) in [5.74, 6) is 0.0779. The average Bonchev–Trinajstić information content (AvgIpc) is 3.01. The van der Waals surface area contributed by atoms with E-state index in [0.717, 1.165) is 38.5 Å². The van der Waals surface area contributed by atoms with Crippen LogP contribution in [0.2, 0.25) is 0 Å². The van der Waals surface area contributed by atoms with Crippen LogP contribution in [-0.4, -0.2) is 46.5 Å². The molecule has 0 bridgehead atoms. The maximum atomic E-state index is 12.6. The molecule has 3 fully saturated rings. The zero-order valence-electron chi connectivity index (χ0n) is 13.3. The molecule has 1 saturated carbocycles. The second-order valence-corrected chi connectivity index (χ2v) is 7.42. The number of piperazine rings is 1. The number of nitrogens with one attached hydrogen (secondary N) is 1. The Morgan fingerprint density at radius 2 is 1.90 bits per heavy atom. The number of nitrogens with zero attached hydrogens (tertiary/aromatic N) is 1. The Hall–Kier alpha value is -1.10. The van der Waals surface area contributed by atoms with Crippen molar-refractivity contribution >= 4 is 11.8 Å². The first kappa shape index (κ1) is 14.8. The van der Waals surface area contributed by atoms with Crippen LogP contribution in [0.4, 0.5) is 0 Å². The van der Waals surface area contributed by atoms with Gasteiger partial charge >= 0.3 is 0 Å². The molecule has 5 nitrogen and oxygen atoms in total. The highest BCUT2D eigenvalue weighted by atomic mass is 16.5. The van der Waals surface area contributed by atoms with Crippen LogP contribution in [0.3, 0.4) is 0 Å². The van der Waals surface area contributed by atoms with Gasteiger partial charge in [0.25, 0.3) is 0 Å². The highest BCUT2D eigenvalue weighted by Crippen LogP contribution is 2.39. The minimum absolute atomic E-state index is 0.0318. The van der Waals surface area contributed by atoms with Crippen LogP contribution in [0.15, 0.2) is 0 Å². The van der Waals surface area contributed by atoms with Crippen molar-refractivity contribution in [3.05, 3.63) is 0 Å². The van der Waals surface area contributed by atoms with Gasteiger partial charge < -0.3 is 15.0 Å². The summed E-state index contributed by atoms with van der Waals surface area (Å²) in [6.07, 6.45) is 5.63. The molecule has 3 rings (SSSR count). The molecule has 1 aliphatic carbocycles. The van der Waals surface area contributed by atoms with E-state index in [1.165, 1.54) is 0 Å². The lowest BCUT2D eigenvalue weighted by Gasteiger charge is -2.46. The van der Waals surface area contributed by atoms with Crippen LogP contribution in [0.5, 0.6) is 0 Å². The Kier molecular flexibility index (Phi) is 3.51. The van der Waals surface area contributed by atoms with Crippen molar-refractivity contribution in [1.29, 1.82) is 0 Å². The van der Waals surface area contributed by atoms with Crippen molar-refractivity contribution in [1.82, 2.24) is 10.2 Å². The van der Waals surface area contributed by atoms with Gasteiger partial charge in [-0.1, -0.05) is 12.8 Å². The van der Waals surface area contributed by atoms with Gasteiger partial charge in [0.1, 0.15) is 11.6 Å². The number of hydrogen-bond donors (Lipinski definition) is 1. The second kappa shape index (κ2) is 4.97. The molecule has 118 valence electrons. The predicted octanol–water partition coefficient (Wildman–Crippen LogP) is 1.60. The van der Waals surface area contributed by atoms with Crippen molar-refractivity contribution in [2.24, 2.45) is 0 Å². The summed E-state index contributed by atoms with van der Waals surface area (Å²) < 4.78 is 6.05. The van der Waals surface area contributed by atoms with Crippen molar-refractivity contribution in [2.45, 2.75) is 82.6 Å². The lowest BCUT2D eigenvalue weighted by Crippen LogP contribution is -2.70. The maximum absolute atomic E-state index is 12.6. The van der Waals surface area contributed by atoms with E-state index in [4.69, 9.17) is 4.74 Å². The molecule has 0 radical (unpaired) electrons. The van der Waals surface area contributed by atoms with Gasteiger partial charge in [-0.05, 0) is 46.5 Å². The third kappa shape index (κ3) is 2.45. The Balaban J connectivity index is 1.82. The Labute approximate surface area is 126 Å². The minimum atomic E-state index is -0.611. The predicted molar refractivity (Wildman–Crippen MR) is 78.7 cm³/mol. The summed E-state index contributed by atoms with van der Waals surface area (Å²) in [6, 6.07) is -0.418. The highest BCUT2D eigenvalue weighted by Gasteiger charge is 2.53.